The van der Waals surface area contributed by atoms with Crippen molar-refractivity contribution in [1.82, 2.24) is 9.62 Å². The summed E-state index contributed by atoms with van der Waals surface area (Å²) in [5.74, 6) is -2.45. The molecule has 1 aromatic carbocycles. The van der Waals surface area contributed by atoms with Gasteiger partial charge in [-0.25, -0.2) is 13.1 Å². The zero-order valence-electron chi connectivity index (χ0n) is 18.6. The largest absolute Gasteiger partial charge is 0.471 e. The second-order valence-electron chi connectivity index (χ2n) is 8.58. The maximum absolute atomic E-state index is 12.9. The smallest absolute Gasteiger partial charge is 0.331 e. The van der Waals surface area contributed by atoms with Crippen LogP contribution < -0.4 is 9.62 Å². The molecule has 2 amide bonds. The Morgan fingerprint density at radius 3 is 2.66 bits per heavy atom. The van der Waals surface area contributed by atoms with Gasteiger partial charge in [0, 0.05) is 24.2 Å². The standard InChI is InChI=1S/C22H23ClF3N3O4S2/c1-28(21(31)22(24,25)26)18-6-2-13-12-14(3-5-16(13)18)29-10-8-17(20(29)30)27-35(32,33)11-9-15-4-7-19(23)34-15/h3-5,7,12,17-18,27H,2,6,8-11H2,1H3/t17-,18?/m0/s1. The lowest BCUT2D eigenvalue weighted by molar-refractivity contribution is -0.186. The molecule has 190 valence electrons. The molecule has 35 heavy (non-hydrogen) atoms. The van der Waals surface area contributed by atoms with Gasteiger partial charge in [-0.2, -0.15) is 13.2 Å². The van der Waals surface area contributed by atoms with E-state index in [2.05, 4.69) is 4.72 Å². The minimum absolute atomic E-state index is 0.169. The summed E-state index contributed by atoms with van der Waals surface area (Å²) in [6.07, 6.45) is -3.55. The molecule has 1 saturated heterocycles. The zero-order chi connectivity index (χ0) is 25.5. The number of thiophene rings is 1. The highest BCUT2D eigenvalue weighted by molar-refractivity contribution is 7.89. The summed E-state index contributed by atoms with van der Waals surface area (Å²) in [6, 6.07) is 6.88. The van der Waals surface area contributed by atoms with Crippen molar-refractivity contribution in [2.45, 2.75) is 43.9 Å². The highest BCUT2D eigenvalue weighted by Crippen LogP contribution is 2.39. The van der Waals surface area contributed by atoms with E-state index in [-0.39, 0.29) is 18.1 Å². The summed E-state index contributed by atoms with van der Waals surface area (Å²) in [6.45, 7) is 0.307. The van der Waals surface area contributed by atoms with Crippen molar-refractivity contribution in [1.29, 1.82) is 0 Å². The second kappa shape index (κ2) is 9.72. The molecule has 1 aromatic heterocycles. The van der Waals surface area contributed by atoms with Crippen molar-refractivity contribution in [3.8, 4) is 0 Å². The van der Waals surface area contributed by atoms with Gasteiger partial charge < -0.3 is 9.80 Å². The van der Waals surface area contributed by atoms with Crippen molar-refractivity contribution in [2.75, 3.05) is 24.2 Å². The van der Waals surface area contributed by atoms with Gasteiger partial charge in [0.05, 0.1) is 16.1 Å². The Labute approximate surface area is 209 Å². The van der Waals surface area contributed by atoms with Crippen LogP contribution in [0.2, 0.25) is 4.34 Å². The molecule has 2 atom stereocenters. The van der Waals surface area contributed by atoms with E-state index in [1.807, 2.05) is 0 Å². The summed E-state index contributed by atoms with van der Waals surface area (Å²) in [5, 5.41) is 0. The van der Waals surface area contributed by atoms with Gasteiger partial charge >= 0.3 is 12.1 Å². The average Bonchev–Trinajstić information content (AvgIpc) is 3.49. The average molecular weight is 550 g/mol. The number of rotatable bonds is 7. The van der Waals surface area contributed by atoms with E-state index in [9.17, 15) is 31.2 Å². The van der Waals surface area contributed by atoms with E-state index in [0.29, 0.717) is 46.3 Å². The molecule has 0 spiro atoms. The number of anilines is 1. The molecule has 1 aliphatic carbocycles. The number of halogens is 4. The van der Waals surface area contributed by atoms with E-state index >= 15 is 0 Å². The molecule has 0 saturated carbocycles. The maximum atomic E-state index is 12.9. The van der Waals surface area contributed by atoms with Gasteiger partial charge in [-0.1, -0.05) is 17.7 Å². The molecule has 4 rings (SSSR count). The third-order valence-electron chi connectivity index (χ3n) is 6.29. The molecule has 2 aromatic rings. The molecule has 1 N–H and O–H groups in total. The van der Waals surface area contributed by atoms with Crippen LogP contribution in [0.15, 0.2) is 30.3 Å². The van der Waals surface area contributed by atoms with E-state index in [4.69, 9.17) is 11.6 Å². The number of hydrogen-bond donors (Lipinski definition) is 1. The molecular weight excluding hydrogens is 527 g/mol. The number of carbonyl (C=O) groups is 2. The van der Waals surface area contributed by atoms with Crippen LogP contribution in [0.5, 0.6) is 0 Å². The molecule has 7 nitrogen and oxygen atoms in total. The highest BCUT2D eigenvalue weighted by atomic mass is 35.5. The fourth-order valence-electron chi connectivity index (χ4n) is 4.54. The Morgan fingerprint density at radius 1 is 1.26 bits per heavy atom. The number of nitrogens with one attached hydrogen (secondary N) is 1. The van der Waals surface area contributed by atoms with Gasteiger partial charge in [-0.3, -0.25) is 9.59 Å². The van der Waals surface area contributed by atoms with Crippen molar-refractivity contribution >= 4 is 50.5 Å². The second-order valence-corrected chi connectivity index (χ2v) is 12.2. The molecule has 1 aliphatic heterocycles. The summed E-state index contributed by atoms with van der Waals surface area (Å²) >= 11 is 7.18. The Balaban J connectivity index is 1.41. The van der Waals surface area contributed by atoms with Gasteiger partial charge in [-0.05, 0) is 61.1 Å². The van der Waals surface area contributed by atoms with Gasteiger partial charge in [0.25, 0.3) is 0 Å². The predicted octanol–water partition coefficient (Wildman–Crippen LogP) is 3.68. The number of carbonyl (C=O) groups excluding carboxylic acids is 2. The van der Waals surface area contributed by atoms with Gasteiger partial charge in [-0.15, -0.1) is 11.3 Å². The van der Waals surface area contributed by atoms with Crippen LogP contribution in [0, 0.1) is 0 Å². The molecule has 0 bridgehead atoms. The lowest BCUT2D eigenvalue weighted by Gasteiger charge is -2.26. The third kappa shape index (κ3) is 5.65. The Bertz CT molecular complexity index is 1250. The number of benzene rings is 1. The van der Waals surface area contributed by atoms with Crippen LogP contribution >= 0.6 is 22.9 Å². The quantitative estimate of drug-likeness (QED) is 0.571. The lowest BCUT2D eigenvalue weighted by atomic mass is 10.1. The zero-order valence-corrected chi connectivity index (χ0v) is 21.0. The number of nitrogens with zero attached hydrogens (tertiary/aromatic N) is 2. The van der Waals surface area contributed by atoms with Crippen LogP contribution in [0.4, 0.5) is 18.9 Å². The number of sulfonamides is 1. The van der Waals surface area contributed by atoms with Gasteiger partial charge in [0.15, 0.2) is 0 Å². The number of aryl methyl sites for hydroxylation is 2. The lowest BCUT2D eigenvalue weighted by Crippen LogP contribution is -2.42. The fourth-order valence-corrected chi connectivity index (χ4v) is 7.01. The first kappa shape index (κ1) is 25.9. The van der Waals surface area contributed by atoms with Crippen molar-refractivity contribution in [2.24, 2.45) is 0 Å². The first-order chi connectivity index (χ1) is 16.4. The Morgan fingerprint density at radius 2 is 2.00 bits per heavy atom. The van der Waals surface area contributed by atoms with Crippen LogP contribution in [0.3, 0.4) is 0 Å². The predicted molar refractivity (Wildman–Crippen MR) is 127 cm³/mol. The van der Waals surface area contributed by atoms with Crippen molar-refractivity contribution in [3.63, 3.8) is 0 Å². The Kier molecular flexibility index (Phi) is 7.20. The summed E-state index contributed by atoms with van der Waals surface area (Å²) in [4.78, 5) is 27.6. The summed E-state index contributed by atoms with van der Waals surface area (Å²) in [7, 11) is -2.57. The molecule has 1 fully saturated rings. The molecule has 2 aliphatic rings. The van der Waals surface area contributed by atoms with Crippen molar-refractivity contribution < 1.29 is 31.2 Å². The topological polar surface area (TPSA) is 86.8 Å². The number of alkyl halides is 3. The van der Waals surface area contributed by atoms with Gasteiger partial charge in [0.1, 0.15) is 6.04 Å². The van der Waals surface area contributed by atoms with Crippen molar-refractivity contribution in [3.05, 3.63) is 50.7 Å². The first-order valence-electron chi connectivity index (χ1n) is 10.9. The molecular formula is C22H23ClF3N3O4S2. The minimum atomic E-state index is -4.95. The number of fused-ring (bicyclic) bond motifs is 1. The number of amides is 2. The summed E-state index contributed by atoms with van der Waals surface area (Å²) < 4.78 is 66.6. The summed E-state index contributed by atoms with van der Waals surface area (Å²) in [5.41, 5.74) is 1.93. The third-order valence-corrected chi connectivity index (χ3v) is 8.96. The SMILES string of the molecule is CN(C(=O)C(F)(F)F)C1CCc2cc(N3CC[C@H](NS(=O)(=O)CCc4ccc(Cl)s4)C3=O)ccc21. The van der Waals surface area contributed by atoms with E-state index in [1.54, 1.807) is 30.3 Å². The molecule has 2 heterocycles. The number of hydrogen-bond acceptors (Lipinski definition) is 5. The molecule has 1 unspecified atom stereocenters. The van der Waals surface area contributed by atoms with Crippen LogP contribution in [0.1, 0.15) is 34.9 Å². The monoisotopic (exact) mass is 549 g/mol. The van der Waals surface area contributed by atoms with Gasteiger partial charge in [0.2, 0.25) is 15.9 Å². The normalized spacial score (nSPS) is 20.4. The molecule has 0 radical (unpaired) electrons. The fraction of sp³-hybridized carbons (Fsp3) is 0.455. The Hall–Kier alpha value is -2.15. The minimum Gasteiger partial charge on any atom is -0.331 e. The first-order valence-corrected chi connectivity index (χ1v) is 13.7. The maximum Gasteiger partial charge on any atom is 0.471 e. The van der Waals surface area contributed by atoms with Crippen LogP contribution in [-0.4, -0.2) is 56.7 Å². The van der Waals surface area contributed by atoms with Crippen LogP contribution in [-0.2, 0) is 32.5 Å². The molecule has 13 heteroatoms. The van der Waals surface area contributed by atoms with E-state index in [0.717, 1.165) is 17.5 Å². The van der Waals surface area contributed by atoms with E-state index in [1.165, 1.54) is 16.2 Å². The highest BCUT2D eigenvalue weighted by Gasteiger charge is 2.44. The van der Waals surface area contributed by atoms with E-state index < -0.39 is 34.2 Å². The van der Waals surface area contributed by atoms with Crippen LogP contribution in [0.25, 0.3) is 0 Å².